The summed E-state index contributed by atoms with van der Waals surface area (Å²) < 4.78 is 72.8. The van der Waals surface area contributed by atoms with E-state index in [0.717, 1.165) is 0 Å². The third-order valence-corrected chi connectivity index (χ3v) is 4.27. The van der Waals surface area contributed by atoms with Crippen LogP contribution >= 0.6 is 0 Å². The number of nitrogens with one attached hydrogen (secondary N) is 1. The van der Waals surface area contributed by atoms with Gasteiger partial charge in [-0.2, -0.15) is 14.0 Å². The lowest BCUT2D eigenvalue weighted by molar-refractivity contribution is -0.862. The molecule has 0 saturated heterocycles. The van der Waals surface area contributed by atoms with Crippen LogP contribution in [0.4, 0.5) is 22.0 Å². The van der Waals surface area contributed by atoms with Gasteiger partial charge in [-0.3, -0.25) is 4.79 Å². The zero-order valence-corrected chi connectivity index (χ0v) is 18.3. The molecule has 11 heteroatoms. The number of nitriles is 1. The molecule has 34 heavy (non-hydrogen) atoms. The summed E-state index contributed by atoms with van der Waals surface area (Å²) in [5, 5.41) is 10.9. The number of carbonyl (C=O) groups excluding carboxylic acids is 2. The Bertz CT molecular complexity index is 1180. The predicted molar refractivity (Wildman–Crippen MR) is 109 cm³/mol. The average molecular weight is 480 g/mol. The number of quaternary nitrogens is 1. The molecule has 0 aromatic heterocycles. The van der Waals surface area contributed by atoms with E-state index in [-0.39, 0.29) is 17.4 Å². The van der Waals surface area contributed by atoms with Crippen molar-refractivity contribution in [3.8, 4) is 23.7 Å². The van der Waals surface area contributed by atoms with E-state index in [1.165, 1.54) is 24.3 Å². The number of amides is 1. The fourth-order valence-corrected chi connectivity index (χ4v) is 2.77. The molecule has 1 atom stereocenters. The first-order valence-corrected chi connectivity index (χ1v) is 9.66. The number of benzene rings is 2. The third kappa shape index (κ3) is 6.77. The molecule has 0 fully saturated rings. The second-order valence-corrected chi connectivity index (χ2v) is 8.15. The molecule has 6 nitrogen and oxygen atoms in total. The van der Waals surface area contributed by atoms with Gasteiger partial charge in [0.25, 0.3) is 5.91 Å². The largest absolute Gasteiger partial charge is 0.418 e. The van der Waals surface area contributed by atoms with Gasteiger partial charge in [0.15, 0.2) is 12.6 Å². The van der Waals surface area contributed by atoms with Crippen molar-refractivity contribution < 1.29 is 40.8 Å². The second-order valence-electron chi connectivity index (χ2n) is 8.15. The van der Waals surface area contributed by atoms with Crippen LogP contribution in [0.1, 0.15) is 11.1 Å². The molecular formula is C23H19F5N3O3+. The molecule has 178 valence electrons. The van der Waals surface area contributed by atoms with E-state index >= 15 is 0 Å². The van der Waals surface area contributed by atoms with Crippen molar-refractivity contribution >= 4 is 11.9 Å². The van der Waals surface area contributed by atoms with Crippen LogP contribution in [0, 0.1) is 52.3 Å². The predicted octanol–water partition coefficient (Wildman–Crippen LogP) is 2.60. The zero-order chi connectivity index (χ0) is 25.6. The fourth-order valence-electron chi connectivity index (χ4n) is 2.77. The molecule has 0 heterocycles. The van der Waals surface area contributed by atoms with Gasteiger partial charge < -0.3 is 14.5 Å². The van der Waals surface area contributed by atoms with Crippen LogP contribution in [0.2, 0.25) is 0 Å². The molecule has 0 bridgehead atoms. The van der Waals surface area contributed by atoms with Gasteiger partial charge in [0.05, 0.1) is 21.1 Å². The number of ether oxygens (including phenoxy) is 1. The lowest BCUT2D eigenvalue weighted by Gasteiger charge is -2.25. The molecule has 1 N–H and O–H groups in total. The van der Waals surface area contributed by atoms with Crippen molar-refractivity contribution in [2.24, 2.45) is 0 Å². The first kappa shape index (κ1) is 26.3. The molecule has 0 radical (unpaired) electrons. The van der Waals surface area contributed by atoms with E-state index in [2.05, 4.69) is 21.9 Å². The first-order valence-electron chi connectivity index (χ1n) is 9.66. The molecule has 1 unspecified atom stereocenters. The Morgan fingerprint density at radius 1 is 0.971 bits per heavy atom. The van der Waals surface area contributed by atoms with Gasteiger partial charge in [0.2, 0.25) is 34.8 Å². The summed E-state index contributed by atoms with van der Waals surface area (Å²) in [5.41, 5.74) is 0.937. The zero-order valence-electron chi connectivity index (χ0n) is 18.3. The highest BCUT2D eigenvalue weighted by Crippen LogP contribution is 2.29. The maximum Gasteiger partial charge on any atom is 0.334 e. The number of nitrogens with zero attached hydrogens (tertiary/aromatic N) is 2. The minimum atomic E-state index is -2.40. The standard InChI is InChI=1S/C23H18F5N3O3/c1-31(2,3)12-16(32)30-15(11-14-8-6-13(7-9-14)5-4-10-29)23(33)34-22-20(27)18(25)17(24)19(26)21(22)28/h6-9,15H,11-12H2,1-3H3/p+1. The van der Waals surface area contributed by atoms with E-state index in [4.69, 9.17) is 5.26 Å². The van der Waals surface area contributed by atoms with Crippen molar-refractivity contribution in [1.29, 1.82) is 5.26 Å². The Morgan fingerprint density at radius 3 is 2.00 bits per heavy atom. The van der Waals surface area contributed by atoms with Crippen LogP contribution in [0.25, 0.3) is 0 Å². The Balaban J connectivity index is 2.35. The Kier molecular flexibility index (Phi) is 8.33. The second kappa shape index (κ2) is 10.8. The fraction of sp³-hybridized carbons (Fsp3) is 0.261. The SMILES string of the molecule is C[N+](C)(C)CC(=O)NC(Cc1ccc(C#CC#N)cc1)C(=O)Oc1c(F)c(F)c(F)c(F)c1F. The Morgan fingerprint density at radius 2 is 1.50 bits per heavy atom. The van der Waals surface area contributed by atoms with Crippen LogP contribution in [0.15, 0.2) is 24.3 Å². The number of likely N-dealkylation sites (N-methyl/N-ethyl adjacent to an activating group) is 1. The summed E-state index contributed by atoms with van der Waals surface area (Å²) in [6.45, 7) is -0.0883. The van der Waals surface area contributed by atoms with E-state index < -0.39 is 52.8 Å². The van der Waals surface area contributed by atoms with Gasteiger partial charge in [0.1, 0.15) is 6.04 Å². The van der Waals surface area contributed by atoms with Crippen LogP contribution in [0.5, 0.6) is 5.75 Å². The first-order chi connectivity index (χ1) is 15.8. The molecule has 1 amide bonds. The maximum absolute atomic E-state index is 14.0. The summed E-state index contributed by atoms with van der Waals surface area (Å²) in [6, 6.07) is 6.22. The minimum Gasteiger partial charge on any atom is -0.418 e. The number of hydrogen-bond acceptors (Lipinski definition) is 4. The van der Waals surface area contributed by atoms with Gasteiger partial charge in [-0.05, 0) is 17.7 Å². The number of halogens is 5. The van der Waals surface area contributed by atoms with Crippen LogP contribution in [-0.4, -0.2) is 50.1 Å². The van der Waals surface area contributed by atoms with E-state index in [1.807, 2.05) is 0 Å². The van der Waals surface area contributed by atoms with Crippen molar-refractivity contribution in [1.82, 2.24) is 5.32 Å². The van der Waals surface area contributed by atoms with Gasteiger partial charge in [-0.15, -0.1) is 0 Å². The molecule has 2 aromatic carbocycles. The highest BCUT2D eigenvalue weighted by Gasteiger charge is 2.32. The highest BCUT2D eigenvalue weighted by molar-refractivity contribution is 5.86. The van der Waals surface area contributed by atoms with Gasteiger partial charge in [0, 0.05) is 17.9 Å². The molecular weight excluding hydrogens is 461 g/mol. The van der Waals surface area contributed by atoms with E-state index in [9.17, 15) is 31.5 Å². The minimum absolute atomic E-state index is 0.0883. The van der Waals surface area contributed by atoms with Crippen molar-refractivity contribution in [2.45, 2.75) is 12.5 Å². The average Bonchev–Trinajstić information content (AvgIpc) is 2.77. The topological polar surface area (TPSA) is 79.2 Å². The third-order valence-electron chi connectivity index (χ3n) is 4.27. The Labute approximate surface area is 192 Å². The number of hydrogen-bond donors (Lipinski definition) is 1. The molecule has 0 aliphatic heterocycles. The smallest absolute Gasteiger partial charge is 0.334 e. The Hall–Kier alpha value is -3.96. The lowest BCUT2D eigenvalue weighted by atomic mass is 10.0. The molecule has 0 saturated carbocycles. The molecule has 2 aromatic rings. The van der Waals surface area contributed by atoms with Crippen molar-refractivity contribution in [3.05, 3.63) is 64.5 Å². The van der Waals surface area contributed by atoms with Crippen LogP contribution in [-0.2, 0) is 16.0 Å². The van der Waals surface area contributed by atoms with E-state index in [0.29, 0.717) is 11.1 Å². The van der Waals surface area contributed by atoms with Gasteiger partial charge in [-0.1, -0.05) is 18.1 Å². The number of carbonyl (C=O) groups is 2. The molecule has 0 aliphatic carbocycles. The van der Waals surface area contributed by atoms with Crippen LogP contribution < -0.4 is 10.1 Å². The van der Waals surface area contributed by atoms with Gasteiger partial charge in [-0.25, -0.2) is 18.0 Å². The number of rotatable bonds is 7. The maximum atomic E-state index is 14.0. The summed E-state index contributed by atoms with van der Waals surface area (Å²) in [4.78, 5) is 25.0. The van der Waals surface area contributed by atoms with Gasteiger partial charge >= 0.3 is 5.97 Å². The van der Waals surface area contributed by atoms with Crippen molar-refractivity contribution in [3.63, 3.8) is 0 Å². The highest BCUT2D eigenvalue weighted by atomic mass is 19.2. The summed E-state index contributed by atoms with van der Waals surface area (Å²) in [7, 11) is 5.09. The molecule has 0 aliphatic rings. The monoisotopic (exact) mass is 480 g/mol. The normalized spacial score (nSPS) is 11.6. The number of esters is 1. The lowest BCUT2D eigenvalue weighted by Crippen LogP contribution is -2.51. The summed E-state index contributed by atoms with van der Waals surface area (Å²) >= 11 is 0. The summed E-state index contributed by atoms with van der Waals surface area (Å²) in [6.07, 6.45) is -0.233. The van der Waals surface area contributed by atoms with Crippen LogP contribution in [0.3, 0.4) is 0 Å². The quantitative estimate of drug-likeness (QED) is 0.126. The van der Waals surface area contributed by atoms with Crippen molar-refractivity contribution in [2.75, 3.05) is 27.7 Å². The molecule has 0 spiro atoms. The summed E-state index contributed by atoms with van der Waals surface area (Å²) in [5.74, 6) is -10.7. The molecule has 2 rings (SSSR count). The van der Waals surface area contributed by atoms with E-state index in [1.54, 1.807) is 27.2 Å².